The van der Waals surface area contributed by atoms with Crippen LogP contribution in [-0.4, -0.2) is 21.1 Å². The molecule has 144 valence electrons. The number of hydrogen-bond donors (Lipinski definition) is 1. The Morgan fingerprint density at radius 1 is 1.25 bits per heavy atom. The predicted octanol–water partition coefficient (Wildman–Crippen LogP) is 5.46. The van der Waals surface area contributed by atoms with E-state index in [-0.39, 0.29) is 5.91 Å². The fraction of sp³-hybridized carbons (Fsp3) is 0.300. The van der Waals surface area contributed by atoms with Crippen molar-refractivity contribution in [3.05, 3.63) is 46.3 Å². The molecule has 1 N–H and O–H groups in total. The zero-order chi connectivity index (χ0) is 20.1. The Kier molecular flexibility index (Phi) is 6.83. The van der Waals surface area contributed by atoms with Gasteiger partial charge in [-0.15, -0.1) is 22.7 Å². The molecule has 8 heteroatoms. The number of thiophene rings is 1. The van der Waals surface area contributed by atoms with Crippen LogP contribution in [0.1, 0.15) is 32.0 Å². The summed E-state index contributed by atoms with van der Waals surface area (Å²) in [5, 5.41) is 16.9. The first-order valence-electron chi connectivity index (χ1n) is 8.83. The molecular weight excluding hydrogens is 408 g/mol. The lowest BCUT2D eigenvalue weighted by molar-refractivity contribution is -0.115. The Labute approximate surface area is 176 Å². The Hall–Kier alpha value is -2.21. The van der Waals surface area contributed by atoms with Gasteiger partial charge in [-0.2, -0.15) is 5.26 Å². The van der Waals surface area contributed by atoms with Gasteiger partial charge in [0.2, 0.25) is 5.91 Å². The first-order chi connectivity index (χ1) is 13.5. The molecule has 0 saturated heterocycles. The molecule has 0 bridgehead atoms. The number of nitrogens with one attached hydrogen (secondary N) is 1. The second-order valence-electron chi connectivity index (χ2n) is 6.63. The van der Waals surface area contributed by atoms with E-state index in [9.17, 15) is 10.1 Å². The van der Waals surface area contributed by atoms with Gasteiger partial charge in [0, 0.05) is 11.1 Å². The minimum Gasteiger partial charge on any atom is -0.301 e. The summed E-state index contributed by atoms with van der Waals surface area (Å²) >= 11 is 4.32. The lowest BCUT2D eigenvalue weighted by Gasteiger charge is -2.12. The number of aromatic nitrogens is 2. The summed E-state index contributed by atoms with van der Waals surface area (Å²) in [5.41, 5.74) is 2.29. The fourth-order valence-electron chi connectivity index (χ4n) is 2.48. The van der Waals surface area contributed by atoms with Crippen molar-refractivity contribution < 1.29 is 4.79 Å². The van der Waals surface area contributed by atoms with Crippen LogP contribution in [0.2, 0.25) is 0 Å². The molecule has 0 fully saturated rings. The second-order valence-corrected chi connectivity index (χ2v) is 9.76. The summed E-state index contributed by atoms with van der Waals surface area (Å²) in [6.07, 6.45) is 0.838. The Bertz CT molecular complexity index is 989. The monoisotopic (exact) mass is 428 g/mol. The Balaban J connectivity index is 1.68. The van der Waals surface area contributed by atoms with Crippen LogP contribution in [0.5, 0.6) is 0 Å². The number of nitriles is 1. The molecule has 0 aliphatic carbocycles. The van der Waals surface area contributed by atoms with Crippen LogP contribution in [0.15, 0.2) is 40.1 Å². The smallest absolute Gasteiger partial charge is 0.239 e. The molecule has 1 atom stereocenters. The highest BCUT2D eigenvalue weighted by molar-refractivity contribution is 8.00. The van der Waals surface area contributed by atoms with Crippen molar-refractivity contribution in [3.63, 3.8) is 0 Å². The normalized spacial score (nSPS) is 12.0. The molecule has 0 aromatic carbocycles. The summed E-state index contributed by atoms with van der Waals surface area (Å²) in [7, 11) is 0. The van der Waals surface area contributed by atoms with E-state index in [2.05, 4.69) is 35.2 Å². The minimum absolute atomic E-state index is 0.156. The highest BCUT2D eigenvalue weighted by Gasteiger charge is 2.19. The lowest BCUT2D eigenvalue weighted by atomic mass is 10.1. The van der Waals surface area contributed by atoms with Crippen LogP contribution in [0, 0.1) is 17.2 Å². The topological polar surface area (TPSA) is 78.7 Å². The number of carbonyl (C=O) groups is 1. The summed E-state index contributed by atoms with van der Waals surface area (Å²) < 4.78 is 0. The maximum absolute atomic E-state index is 12.6. The number of carbonyl (C=O) groups excluding carboxylic acids is 1. The van der Waals surface area contributed by atoms with Crippen molar-refractivity contribution in [1.82, 2.24) is 9.97 Å². The summed E-state index contributed by atoms with van der Waals surface area (Å²) in [6, 6.07) is 9.81. The molecule has 3 heterocycles. The van der Waals surface area contributed by atoms with Crippen molar-refractivity contribution in [2.45, 2.75) is 37.5 Å². The van der Waals surface area contributed by atoms with E-state index in [0.717, 1.165) is 22.7 Å². The zero-order valence-electron chi connectivity index (χ0n) is 15.8. The molecule has 3 rings (SSSR count). The van der Waals surface area contributed by atoms with Gasteiger partial charge in [0.25, 0.3) is 0 Å². The van der Waals surface area contributed by atoms with Gasteiger partial charge in [0.05, 0.1) is 21.4 Å². The van der Waals surface area contributed by atoms with E-state index in [0.29, 0.717) is 21.6 Å². The first kappa shape index (κ1) is 20.5. The molecular formula is C20H20N4OS3. The average molecular weight is 429 g/mol. The van der Waals surface area contributed by atoms with Gasteiger partial charge in [-0.05, 0) is 42.8 Å². The molecule has 1 amide bonds. The van der Waals surface area contributed by atoms with E-state index in [1.54, 1.807) is 17.4 Å². The number of thioether (sulfide) groups is 1. The number of hydrogen-bond acceptors (Lipinski definition) is 7. The van der Waals surface area contributed by atoms with Crippen molar-refractivity contribution in [2.24, 2.45) is 5.92 Å². The molecule has 3 aromatic rings. The molecule has 5 nitrogen and oxygen atoms in total. The van der Waals surface area contributed by atoms with Gasteiger partial charge in [0.1, 0.15) is 11.1 Å². The molecule has 0 saturated carbocycles. The van der Waals surface area contributed by atoms with Gasteiger partial charge < -0.3 is 5.32 Å². The maximum Gasteiger partial charge on any atom is 0.239 e. The van der Waals surface area contributed by atoms with Crippen LogP contribution in [0.3, 0.4) is 0 Å². The SMILES string of the molecule is CC(C)Cc1ccc(C#N)c(SC(C)C(=O)Nc2nc(-c3cccs3)cs2)n1. The molecule has 0 spiro atoms. The summed E-state index contributed by atoms with van der Waals surface area (Å²) in [4.78, 5) is 22.8. The van der Waals surface area contributed by atoms with E-state index in [1.165, 1.54) is 23.1 Å². The van der Waals surface area contributed by atoms with E-state index in [1.807, 2.05) is 35.9 Å². The highest BCUT2D eigenvalue weighted by Crippen LogP contribution is 2.30. The number of thiazole rings is 1. The molecule has 28 heavy (non-hydrogen) atoms. The first-order valence-corrected chi connectivity index (χ1v) is 11.5. The van der Waals surface area contributed by atoms with Gasteiger partial charge >= 0.3 is 0 Å². The molecule has 1 unspecified atom stereocenters. The number of pyridine rings is 1. The number of amides is 1. The van der Waals surface area contributed by atoms with Crippen LogP contribution in [0.4, 0.5) is 5.13 Å². The van der Waals surface area contributed by atoms with Crippen LogP contribution < -0.4 is 5.32 Å². The second kappa shape index (κ2) is 9.32. The number of rotatable bonds is 7. The third-order valence-corrected chi connectivity index (χ3v) is 6.57. The van der Waals surface area contributed by atoms with Crippen molar-refractivity contribution in [1.29, 1.82) is 5.26 Å². The van der Waals surface area contributed by atoms with Gasteiger partial charge in [0.15, 0.2) is 5.13 Å². The van der Waals surface area contributed by atoms with Crippen molar-refractivity contribution >= 4 is 45.5 Å². The predicted molar refractivity (Wildman–Crippen MR) is 117 cm³/mol. The Morgan fingerprint density at radius 3 is 2.75 bits per heavy atom. The fourth-order valence-corrected chi connectivity index (χ4v) is 4.87. The summed E-state index contributed by atoms with van der Waals surface area (Å²) in [6.45, 7) is 6.06. The van der Waals surface area contributed by atoms with Crippen molar-refractivity contribution in [3.8, 4) is 16.6 Å². The third-order valence-electron chi connectivity index (χ3n) is 3.82. The quantitative estimate of drug-likeness (QED) is 0.506. The van der Waals surface area contributed by atoms with Gasteiger partial charge in [-0.25, -0.2) is 9.97 Å². The van der Waals surface area contributed by atoms with Crippen LogP contribution in [0.25, 0.3) is 10.6 Å². The van der Waals surface area contributed by atoms with E-state index >= 15 is 0 Å². The van der Waals surface area contributed by atoms with Crippen LogP contribution in [-0.2, 0) is 11.2 Å². The zero-order valence-corrected chi connectivity index (χ0v) is 18.3. The average Bonchev–Trinajstić information content (AvgIpc) is 3.33. The third kappa shape index (κ3) is 5.19. The van der Waals surface area contributed by atoms with E-state index in [4.69, 9.17) is 0 Å². The molecule has 0 aliphatic heterocycles. The maximum atomic E-state index is 12.6. The number of anilines is 1. The summed E-state index contributed by atoms with van der Waals surface area (Å²) in [5.74, 6) is 0.318. The highest BCUT2D eigenvalue weighted by atomic mass is 32.2. The lowest BCUT2D eigenvalue weighted by Crippen LogP contribution is -2.22. The van der Waals surface area contributed by atoms with E-state index < -0.39 is 5.25 Å². The van der Waals surface area contributed by atoms with Gasteiger partial charge in [-0.1, -0.05) is 31.7 Å². The largest absolute Gasteiger partial charge is 0.301 e. The van der Waals surface area contributed by atoms with Gasteiger partial charge in [-0.3, -0.25) is 4.79 Å². The molecule has 0 aliphatic rings. The van der Waals surface area contributed by atoms with Crippen molar-refractivity contribution in [2.75, 3.05) is 5.32 Å². The molecule has 0 radical (unpaired) electrons. The standard InChI is InChI=1S/C20H20N4OS3/c1-12(2)9-15-7-6-14(10-21)19(22-15)28-13(3)18(25)24-20-23-16(11-27-20)17-5-4-8-26-17/h4-8,11-13H,9H2,1-3H3,(H,23,24,25). The molecule has 3 aromatic heterocycles. The number of nitrogens with zero attached hydrogens (tertiary/aromatic N) is 3. The minimum atomic E-state index is -0.400. The Morgan fingerprint density at radius 2 is 2.07 bits per heavy atom. The van der Waals surface area contributed by atoms with Crippen LogP contribution >= 0.6 is 34.4 Å².